The van der Waals surface area contributed by atoms with Crippen LogP contribution in [0.2, 0.25) is 0 Å². The second-order valence-corrected chi connectivity index (χ2v) is 4.05. The van der Waals surface area contributed by atoms with Crippen molar-refractivity contribution in [3.8, 4) is 0 Å². The second kappa shape index (κ2) is 2.91. The zero-order valence-electron chi connectivity index (χ0n) is 8.33. The number of hydrogen-bond donors (Lipinski definition) is 2. The van der Waals surface area contributed by atoms with Crippen LogP contribution in [-0.4, -0.2) is 11.8 Å². The van der Waals surface area contributed by atoms with Crippen LogP contribution in [0.1, 0.15) is 11.1 Å². The molecule has 74 valence electrons. The van der Waals surface area contributed by atoms with Gasteiger partial charge in [0.15, 0.2) is 0 Å². The summed E-state index contributed by atoms with van der Waals surface area (Å²) in [6, 6.07) is 12.2. The topological polar surface area (TPSA) is 49.9 Å². The molecule has 15 heavy (non-hydrogen) atoms. The fourth-order valence-corrected chi connectivity index (χ4v) is 2.35. The average Bonchev–Trinajstić information content (AvgIpc) is 2.26. The van der Waals surface area contributed by atoms with Crippen molar-refractivity contribution in [1.29, 1.82) is 5.41 Å². The number of hydrogen-bond acceptors (Lipinski definition) is 2. The predicted molar refractivity (Wildman–Crippen MR) is 62.5 cm³/mol. The molecule has 0 heterocycles. The van der Waals surface area contributed by atoms with Crippen molar-refractivity contribution in [2.24, 2.45) is 5.73 Å². The van der Waals surface area contributed by atoms with Crippen molar-refractivity contribution in [3.05, 3.63) is 47.5 Å². The number of nitrogens with two attached hydrogens (primary N) is 1. The van der Waals surface area contributed by atoms with Crippen molar-refractivity contribution in [1.82, 2.24) is 0 Å². The molecule has 1 aliphatic rings. The van der Waals surface area contributed by atoms with Crippen molar-refractivity contribution in [2.75, 3.05) is 0 Å². The lowest BCUT2D eigenvalue weighted by Crippen LogP contribution is -2.35. The first-order chi connectivity index (χ1) is 7.27. The van der Waals surface area contributed by atoms with Gasteiger partial charge in [0.25, 0.3) is 0 Å². The lowest BCUT2D eigenvalue weighted by atomic mass is 9.85. The van der Waals surface area contributed by atoms with Gasteiger partial charge in [-0.15, -0.1) is 0 Å². The Morgan fingerprint density at radius 3 is 2.67 bits per heavy atom. The Labute approximate surface area is 88.2 Å². The first-order valence-electron chi connectivity index (χ1n) is 5.12. The van der Waals surface area contributed by atoms with Crippen LogP contribution in [0, 0.1) is 5.41 Å². The van der Waals surface area contributed by atoms with Crippen LogP contribution < -0.4 is 5.73 Å². The van der Waals surface area contributed by atoms with E-state index in [0.29, 0.717) is 5.71 Å². The fraction of sp³-hybridized carbons (Fsp3) is 0.154. The lowest BCUT2D eigenvalue weighted by Gasteiger charge is -2.23. The summed E-state index contributed by atoms with van der Waals surface area (Å²) >= 11 is 0. The van der Waals surface area contributed by atoms with Gasteiger partial charge >= 0.3 is 0 Å². The van der Waals surface area contributed by atoms with Crippen molar-refractivity contribution in [2.45, 2.75) is 12.5 Å². The Bertz CT molecular complexity index is 552. The maximum absolute atomic E-state index is 7.99. The molecule has 1 unspecified atom stereocenters. The van der Waals surface area contributed by atoms with E-state index in [1.165, 1.54) is 16.3 Å². The number of rotatable bonds is 0. The van der Waals surface area contributed by atoms with E-state index >= 15 is 0 Å². The molecule has 1 aliphatic carbocycles. The summed E-state index contributed by atoms with van der Waals surface area (Å²) in [6.07, 6.45) is 0.785. The van der Waals surface area contributed by atoms with E-state index in [1.807, 2.05) is 12.1 Å². The number of benzene rings is 2. The van der Waals surface area contributed by atoms with Gasteiger partial charge < -0.3 is 11.1 Å². The number of nitrogens with one attached hydrogen (secondary N) is 1. The maximum atomic E-state index is 7.99. The van der Waals surface area contributed by atoms with Crippen LogP contribution in [0.3, 0.4) is 0 Å². The Hall–Kier alpha value is -1.67. The largest absolute Gasteiger partial charge is 0.322 e. The summed E-state index contributed by atoms with van der Waals surface area (Å²) in [7, 11) is 0. The molecule has 2 heteroatoms. The smallest absolute Gasteiger partial charge is 0.0563 e. The Kier molecular flexibility index (Phi) is 1.67. The third-order valence-corrected chi connectivity index (χ3v) is 3.09. The van der Waals surface area contributed by atoms with Gasteiger partial charge in [-0.1, -0.05) is 36.4 Å². The summed E-state index contributed by atoms with van der Waals surface area (Å²) < 4.78 is 0. The van der Waals surface area contributed by atoms with Gasteiger partial charge in [-0.05, 0) is 22.8 Å². The Morgan fingerprint density at radius 2 is 1.87 bits per heavy atom. The van der Waals surface area contributed by atoms with E-state index in [4.69, 9.17) is 11.1 Å². The average molecular weight is 196 g/mol. The SMILES string of the molecule is N=C1c2cccc3cccc(c23)CC1N. The maximum Gasteiger partial charge on any atom is 0.0563 e. The van der Waals surface area contributed by atoms with Crippen molar-refractivity contribution < 1.29 is 0 Å². The van der Waals surface area contributed by atoms with Crippen LogP contribution in [0.25, 0.3) is 10.8 Å². The summed E-state index contributed by atoms with van der Waals surface area (Å²) in [5, 5.41) is 10.4. The Morgan fingerprint density at radius 1 is 1.13 bits per heavy atom. The van der Waals surface area contributed by atoms with Gasteiger partial charge in [0.05, 0.1) is 11.8 Å². The molecule has 3 rings (SSSR count). The molecule has 0 spiro atoms. The molecule has 0 aromatic heterocycles. The zero-order chi connectivity index (χ0) is 10.4. The van der Waals surface area contributed by atoms with Gasteiger partial charge in [0, 0.05) is 5.56 Å². The molecule has 0 fully saturated rings. The first-order valence-corrected chi connectivity index (χ1v) is 5.12. The molecule has 0 saturated carbocycles. The minimum Gasteiger partial charge on any atom is -0.322 e. The van der Waals surface area contributed by atoms with Crippen molar-refractivity contribution in [3.63, 3.8) is 0 Å². The molecule has 2 aromatic carbocycles. The van der Waals surface area contributed by atoms with Gasteiger partial charge in [0.1, 0.15) is 0 Å². The Balaban J connectivity index is 2.46. The summed E-state index contributed by atoms with van der Waals surface area (Å²) in [4.78, 5) is 0. The quantitative estimate of drug-likeness (QED) is 0.666. The molecule has 0 aliphatic heterocycles. The van der Waals surface area contributed by atoms with E-state index in [9.17, 15) is 0 Å². The van der Waals surface area contributed by atoms with E-state index in [2.05, 4.69) is 24.3 Å². The minimum atomic E-state index is -0.148. The van der Waals surface area contributed by atoms with Crippen molar-refractivity contribution >= 4 is 16.5 Å². The highest BCUT2D eigenvalue weighted by Crippen LogP contribution is 2.28. The molecular weight excluding hydrogens is 184 g/mol. The zero-order valence-corrected chi connectivity index (χ0v) is 8.33. The standard InChI is InChI=1S/C13H12N2/c14-11-7-9-5-1-3-8-4-2-6-10(12(8)9)13(11)15/h1-6,11,15H,7,14H2. The van der Waals surface area contributed by atoms with E-state index in [-0.39, 0.29) is 6.04 Å². The van der Waals surface area contributed by atoms with Crippen LogP contribution in [-0.2, 0) is 6.42 Å². The molecule has 2 aromatic rings. The van der Waals surface area contributed by atoms with Gasteiger partial charge in [-0.3, -0.25) is 0 Å². The molecule has 0 bridgehead atoms. The fourth-order valence-electron chi connectivity index (χ4n) is 2.35. The molecule has 0 saturated heterocycles. The first kappa shape index (κ1) is 8.62. The monoisotopic (exact) mass is 196 g/mol. The van der Waals surface area contributed by atoms with Crippen LogP contribution in [0.4, 0.5) is 0 Å². The highest BCUT2D eigenvalue weighted by atomic mass is 14.7. The van der Waals surface area contributed by atoms with E-state index in [1.54, 1.807) is 0 Å². The summed E-state index contributed by atoms with van der Waals surface area (Å²) in [6.45, 7) is 0. The summed E-state index contributed by atoms with van der Waals surface area (Å²) in [5.74, 6) is 0. The van der Waals surface area contributed by atoms with Crippen LogP contribution >= 0.6 is 0 Å². The predicted octanol–water partition coefficient (Wildman–Crippen LogP) is 2.09. The lowest BCUT2D eigenvalue weighted by molar-refractivity contribution is 0.840. The van der Waals surface area contributed by atoms with Gasteiger partial charge in [0.2, 0.25) is 0 Å². The van der Waals surface area contributed by atoms with E-state index < -0.39 is 0 Å². The molecule has 1 atom stereocenters. The highest BCUT2D eigenvalue weighted by molar-refractivity contribution is 6.14. The third-order valence-electron chi connectivity index (χ3n) is 3.09. The highest BCUT2D eigenvalue weighted by Gasteiger charge is 2.22. The normalized spacial score (nSPS) is 19.5. The van der Waals surface area contributed by atoms with Crippen LogP contribution in [0.5, 0.6) is 0 Å². The van der Waals surface area contributed by atoms with Gasteiger partial charge in [-0.2, -0.15) is 0 Å². The molecule has 0 radical (unpaired) electrons. The molecule has 0 amide bonds. The molecular formula is C13H12N2. The summed E-state index contributed by atoms with van der Waals surface area (Å²) in [5.41, 5.74) is 8.78. The third kappa shape index (κ3) is 1.12. The molecule has 3 N–H and O–H groups in total. The second-order valence-electron chi connectivity index (χ2n) is 4.05. The van der Waals surface area contributed by atoms with Crippen LogP contribution in [0.15, 0.2) is 36.4 Å². The minimum absolute atomic E-state index is 0.148. The molecule has 2 nitrogen and oxygen atoms in total. The van der Waals surface area contributed by atoms with Gasteiger partial charge in [-0.25, -0.2) is 0 Å². The van der Waals surface area contributed by atoms with E-state index in [0.717, 1.165) is 12.0 Å².